The van der Waals surface area contributed by atoms with E-state index in [2.05, 4.69) is 10.1 Å². The van der Waals surface area contributed by atoms with Crippen LogP contribution in [-0.2, 0) is 19.6 Å². The Hall–Kier alpha value is -1.62. The smallest absolute Gasteiger partial charge is 0.255 e. The van der Waals surface area contributed by atoms with Crippen LogP contribution in [0.5, 0.6) is 5.75 Å². The topological polar surface area (TPSA) is 39.9 Å². The van der Waals surface area contributed by atoms with Gasteiger partial charge in [-0.1, -0.05) is 18.5 Å². The third kappa shape index (κ3) is 2.87. The van der Waals surface area contributed by atoms with Gasteiger partial charge in [-0.05, 0) is 25.5 Å². The fraction of sp³-hybridized carbons (Fsp3) is 0.385. The number of aryl methyl sites for hydroxylation is 2. The summed E-state index contributed by atoms with van der Waals surface area (Å²) in [4.78, 5) is 3.53. The van der Waals surface area contributed by atoms with Crippen LogP contribution < -0.4 is 4.74 Å². The van der Waals surface area contributed by atoms with Crippen molar-refractivity contribution in [2.24, 2.45) is 0 Å². The maximum absolute atomic E-state index is 13.4. The van der Waals surface area contributed by atoms with Gasteiger partial charge in [-0.25, -0.2) is 4.98 Å². The number of aromatic nitrogens is 3. The Morgan fingerprint density at radius 1 is 1.42 bits per heavy atom. The lowest BCUT2D eigenvalue weighted by molar-refractivity contribution is 0.274. The Labute approximate surface area is 116 Å². The fourth-order valence-electron chi connectivity index (χ4n) is 1.78. The Morgan fingerprint density at radius 2 is 2.21 bits per heavy atom. The number of halogens is 2. The van der Waals surface area contributed by atoms with E-state index in [1.54, 1.807) is 10.7 Å². The van der Waals surface area contributed by atoms with E-state index in [4.69, 9.17) is 16.3 Å². The summed E-state index contributed by atoms with van der Waals surface area (Å²) in [5, 5.41) is 4.97. The molecular formula is C13H15ClFN3O. The van der Waals surface area contributed by atoms with Crippen LogP contribution in [0.25, 0.3) is 0 Å². The second-order valence-corrected chi connectivity index (χ2v) is 4.34. The van der Waals surface area contributed by atoms with Crippen molar-refractivity contribution in [3.05, 3.63) is 40.7 Å². The van der Waals surface area contributed by atoms with Gasteiger partial charge in [-0.2, -0.15) is 9.49 Å². The molecule has 0 amide bonds. The van der Waals surface area contributed by atoms with Gasteiger partial charge in [0.1, 0.15) is 6.61 Å². The molecule has 2 rings (SSSR count). The summed E-state index contributed by atoms with van der Waals surface area (Å²) < 4.78 is 20.5. The number of hydrogen-bond acceptors (Lipinski definition) is 3. The zero-order valence-corrected chi connectivity index (χ0v) is 11.6. The first kappa shape index (κ1) is 13.8. The average Bonchev–Trinajstić information content (AvgIpc) is 2.74. The van der Waals surface area contributed by atoms with Gasteiger partial charge in [0.05, 0.1) is 16.4 Å². The molecule has 0 fully saturated rings. The molecule has 0 unspecified atom stereocenters. The molecule has 4 nitrogen and oxygen atoms in total. The number of rotatable bonds is 5. The van der Waals surface area contributed by atoms with Crippen LogP contribution in [-0.4, -0.2) is 14.8 Å². The molecule has 0 aliphatic rings. The van der Waals surface area contributed by atoms with Gasteiger partial charge >= 0.3 is 0 Å². The minimum atomic E-state index is -0.628. The van der Waals surface area contributed by atoms with E-state index in [0.29, 0.717) is 11.6 Å². The standard InChI is InChI=1S/C13H15ClFN3O/c1-3-9-12(14)10(18(4-2)17-9)8-19-11-6-5-7-16-13(11)15/h5-7H,3-4,8H2,1-2H3. The highest BCUT2D eigenvalue weighted by molar-refractivity contribution is 6.31. The van der Waals surface area contributed by atoms with E-state index < -0.39 is 5.95 Å². The van der Waals surface area contributed by atoms with Gasteiger partial charge in [0.15, 0.2) is 5.75 Å². The molecule has 102 valence electrons. The van der Waals surface area contributed by atoms with Crippen LogP contribution in [0.15, 0.2) is 18.3 Å². The number of ether oxygens (including phenoxy) is 1. The Kier molecular flexibility index (Phi) is 4.37. The van der Waals surface area contributed by atoms with Crippen molar-refractivity contribution in [2.45, 2.75) is 33.4 Å². The van der Waals surface area contributed by atoms with Crippen molar-refractivity contribution in [1.29, 1.82) is 0 Å². The van der Waals surface area contributed by atoms with Gasteiger partial charge in [0, 0.05) is 12.7 Å². The van der Waals surface area contributed by atoms with E-state index in [1.807, 2.05) is 13.8 Å². The zero-order valence-electron chi connectivity index (χ0n) is 10.9. The van der Waals surface area contributed by atoms with Gasteiger partial charge in [-0.3, -0.25) is 4.68 Å². The first-order valence-electron chi connectivity index (χ1n) is 6.14. The van der Waals surface area contributed by atoms with Crippen LogP contribution in [0.2, 0.25) is 5.02 Å². The molecule has 0 spiro atoms. The van der Waals surface area contributed by atoms with Crippen LogP contribution >= 0.6 is 11.6 Å². The summed E-state index contributed by atoms with van der Waals surface area (Å²) in [6, 6.07) is 3.15. The fourth-order valence-corrected chi connectivity index (χ4v) is 2.10. The first-order valence-corrected chi connectivity index (χ1v) is 6.52. The van der Waals surface area contributed by atoms with Crippen LogP contribution in [0.1, 0.15) is 25.2 Å². The zero-order chi connectivity index (χ0) is 13.8. The van der Waals surface area contributed by atoms with Gasteiger partial charge < -0.3 is 4.74 Å². The number of hydrogen-bond donors (Lipinski definition) is 0. The summed E-state index contributed by atoms with van der Waals surface area (Å²) in [5.74, 6) is -0.516. The highest BCUT2D eigenvalue weighted by Gasteiger charge is 2.15. The molecule has 2 aromatic heterocycles. The highest BCUT2D eigenvalue weighted by Crippen LogP contribution is 2.23. The second-order valence-electron chi connectivity index (χ2n) is 3.96. The van der Waals surface area contributed by atoms with Crippen molar-refractivity contribution in [3.8, 4) is 5.75 Å². The molecule has 6 heteroatoms. The molecule has 2 aromatic rings. The van der Waals surface area contributed by atoms with E-state index in [0.717, 1.165) is 17.8 Å². The summed E-state index contributed by atoms with van der Waals surface area (Å²) in [6.07, 6.45) is 2.13. The van der Waals surface area contributed by atoms with Crippen LogP contribution in [0, 0.1) is 5.95 Å². The Balaban J connectivity index is 2.20. The molecule has 19 heavy (non-hydrogen) atoms. The lowest BCUT2D eigenvalue weighted by Gasteiger charge is -2.08. The third-order valence-corrected chi connectivity index (χ3v) is 3.22. The summed E-state index contributed by atoms with van der Waals surface area (Å²) in [7, 11) is 0. The molecule has 0 radical (unpaired) electrons. The molecule has 0 saturated heterocycles. The number of nitrogens with zero attached hydrogens (tertiary/aromatic N) is 3. The molecule has 0 aliphatic heterocycles. The average molecular weight is 284 g/mol. The predicted octanol–water partition coefficient (Wildman–Crippen LogP) is 3.23. The van der Waals surface area contributed by atoms with Crippen LogP contribution in [0.3, 0.4) is 0 Å². The normalized spacial score (nSPS) is 10.7. The lowest BCUT2D eigenvalue weighted by atomic mass is 10.3. The lowest BCUT2D eigenvalue weighted by Crippen LogP contribution is -2.07. The minimum Gasteiger partial charge on any atom is -0.482 e. The maximum Gasteiger partial charge on any atom is 0.255 e. The Morgan fingerprint density at radius 3 is 2.84 bits per heavy atom. The van der Waals surface area contributed by atoms with E-state index in [1.165, 1.54) is 12.3 Å². The Bertz CT molecular complexity index is 571. The van der Waals surface area contributed by atoms with Gasteiger partial charge in [-0.15, -0.1) is 0 Å². The molecule has 2 heterocycles. The van der Waals surface area contributed by atoms with E-state index in [-0.39, 0.29) is 12.4 Å². The molecule has 0 aromatic carbocycles. The predicted molar refractivity (Wildman–Crippen MR) is 70.8 cm³/mol. The molecule has 0 bridgehead atoms. The van der Waals surface area contributed by atoms with Crippen molar-refractivity contribution in [1.82, 2.24) is 14.8 Å². The van der Waals surface area contributed by atoms with Gasteiger partial charge in [0.25, 0.3) is 5.95 Å². The quantitative estimate of drug-likeness (QED) is 0.791. The monoisotopic (exact) mass is 283 g/mol. The molecular weight excluding hydrogens is 269 g/mol. The molecule has 0 atom stereocenters. The summed E-state index contributed by atoms with van der Waals surface area (Å²) in [6.45, 7) is 4.81. The third-order valence-electron chi connectivity index (χ3n) is 2.78. The van der Waals surface area contributed by atoms with Crippen molar-refractivity contribution in [3.63, 3.8) is 0 Å². The molecule has 0 saturated carbocycles. The van der Waals surface area contributed by atoms with E-state index >= 15 is 0 Å². The number of pyridine rings is 1. The van der Waals surface area contributed by atoms with E-state index in [9.17, 15) is 4.39 Å². The summed E-state index contributed by atoms with van der Waals surface area (Å²) in [5.41, 5.74) is 1.58. The van der Waals surface area contributed by atoms with Crippen LogP contribution in [0.4, 0.5) is 4.39 Å². The van der Waals surface area contributed by atoms with Crippen molar-refractivity contribution < 1.29 is 9.13 Å². The molecule has 0 N–H and O–H groups in total. The highest BCUT2D eigenvalue weighted by atomic mass is 35.5. The molecule has 0 aliphatic carbocycles. The minimum absolute atomic E-state index is 0.112. The largest absolute Gasteiger partial charge is 0.482 e. The maximum atomic E-state index is 13.4. The van der Waals surface area contributed by atoms with Crippen molar-refractivity contribution >= 4 is 11.6 Å². The van der Waals surface area contributed by atoms with Crippen molar-refractivity contribution in [2.75, 3.05) is 0 Å². The van der Waals surface area contributed by atoms with Gasteiger partial charge in [0.2, 0.25) is 0 Å². The SMILES string of the molecule is CCc1nn(CC)c(COc2cccnc2F)c1Cl. The first-order chi connectivity index (χ1) is 9.17. The second kappa shape index (κ2) is 6.02. The summed E-state index contributed by atoms with van der Waals surface area (Å²) >= 11 is 6.24.